The minimum absolute atomic E-state index is 0.241. The van der Waals surface area contributed by atoms with E-state index in [1.165, 1.54) is 18.2 Å². The third kappa shape index (κ3) is 5.29. The van der Waals surface area contributed by atoms with Crippen molar-refractivity contribution in [2.45, 2.75) is 13.8 Å². The molecule has 2 aromatic carbocycles. The van der Waals surface area contributed by atoms with E-state index < -0.39 is 11.9 Å². The van der Waals surface area contributed by atoms with Crippen molar-refractivity contribution in [2.75, 3.05) is 23.8 Å². The van der Waals surface area contributed by atoms with Gasteiger partial charge >= 0.3 is 11.9 Å². The van der Waals surface area contributed by atoms with E-state index in [0.717, 1.165) is 5.69 Å². The third-order valence-corrected chi connectivity index (χ3v) is 3.51. The lowest BCUT2D eigenvalue weighted by Gasteiger charge is -2.15. The molecular weight excluding hydrogens is 352 g/mol. The molecule has 0 heterocycles. The zero-order chi connectivity index (χ0) is 18.9. The molecular formula is C19H20N2O4S. The molecule has 6 nitrogen and oxygen atoms in total. The minimum atomic E-state index is -0.507. The first kappa shape index (κ1) is 19.4. The van der Waals surface area contributed by atoms with Gasteiger partial charge in [-0.25, -0.2) is 9.59 Å². The lowest BCUT2D eigenvalue weighted by Crippen LogP contribution is -2.21. The van der Waals surface area contributed by atoms with E-state index in [4.69, 9.17) is 21.7 Å². The van der Waals surface area contributed by atoms with E-state index in [1.54, 1.807) is 13.8 Å². The average Bonchev–Trinajstić information content (AvgIpc) is 2.62. The highest BCUT2D eigenvalue weighted by Crippen LogP contribution is 2.20. The quantitative estimate of drug-likeness (QED) is 0.589. The van der Waals surface area contributed by atoms with E-state index in [0.29, 0.717) is 11.3 Å². The van der Waals surface area contributed by atoms with Gasteiger partial charge in [0.05, 0.1) is 30.0 Å². The number of carbonyl (C=O) groups excluding carboxylic acids is 2. The van der Waals surface area contributed by atoms with Gasteiger partial charge < -0.3 is 20.1 Å². The fourth-order valence-electron chi connectivity index (χ4n) is 2.18. The van der Waals surface area contributed by atoms with Crippen molar-refractivity contribution in [2.24, 2.45) is 0 Å². The highest BCUT2D eigenvalue weighted by molar-refractivity contribution is 7.80. The Morgan fingerprint density at radius 3 is 2.23 bits per heavy atom. The molecule has 136 valence electrons. The lowest BCUT2D eigenvalue weighted by molar-refractivity contribution is 0.0512. The van der Waals surface area contributed by atoms with Crippen molar-refractivity contribution in [3.63, 3.8) is 0 Å². The van der Waals surface area contributed by atoms with Gasteiger partial charge in [0.25, 0.3) is 0 Å². The van der Waals surface area contributed by atoms with Crippen molar-refractivity contribution in [3.05, 3.63) is 59.7 Å². The Balaban J connectivity index is 2.26. The van der Waals surface area contributed by atoms with Crippen molar-refractivity contribution < 1.29 is 19.1 Å². The van der Waals surface area contributed by atoms with E-state index in [1.807, 2.05) is 30.3 Å². The normalized spacial score (nSPS) is 9.92. The number of carbonyl (C=O) groups is 2. The Hall–Kier alpha value is -2.93. The molecule has 26 heavy (non-hydrogen) atoms. The second kappa shape index (κ2) is 9.53. The summed E-state index contributed by atoms with van der Waals surface area (Å²) in [6, 6.07) is 13.9. The number of thiocarbonyl (C=S) groups is 1. The molecule has 0 bridgehead atoms. The minimum Gasteiger partial charge on any atom is -0.462 e. The molecule has 0 radical (unpaired) electrons. The molecule has 2 N–H and O–H groups in total. The molecule has 0 amide bonds. The molecule has 0 saturated heterocycles. The fraction of sp³-hybridized carbons (Fsp3) is 0.211. The highest BCUT2D eigenvalue weighted by atomic mass is 32.1. The molecule has 0 fully saturated rings. The van der Waals surface area contributed by atoms with Gasteiger partial charge in [-0.1, -0.05) is 18.2 Å². The van der Waals surface area contributed by atoms with E-state index in [9.17, 15) is 9.59 Å². The second-order valence-electron chi connectivity index (χ2n) is 5.15. The molecule has 2 aromatic rings. The third-order valence-electron chi connectivity index (χ3n) is 3.31. The molecule has 0 unspecified atom stereocenters. The SMILES string of the molecule is CCOC(=O)c1ccc(C(=O)OCC)c(NC(=S)Nc2ccccc2)c1. The highest BCUT2D eigenvalue weighted by Gasteiger charge is 2.17. The van der Waals surface area contributed by atoms with Crippen LogP contribution in [0.3, 0.4) is 0 Å². The monoisotopic (exact) mass is 372 g/mol. The summed E-state index contributed by atoms with van der Waals surface area (Å²) in [6.45, 7) is 3.95. The summed E-state index contributed by atoms with van der Waals surface area (Å²) in [4.78, 5) is 24.1. The second-order valence-corrected chi connectivity index (χ2v) is 5.55. The maximum Gasteiger partial charge on any atom is 0.340 e. The Morgan fingerprint density at radius 1 is 0.923 bits per heavy atom. The van der Waals surface area contributed by atoms with Gasteiger partial charge in [0.15, 0.2) is 5.11 Å². The Labute approximate surface area is 157 Å². The number of nitrogens with one attached hydrogen (secondary N) is 2. The summed E-state index contributed by atoms with van der Waals surface area (Å²) < 4.78 is 10.1. The number of hydrogen-bond donors (Lipinski definition) is 2. The van der Waals surface area contributed by atoms with E-state index in [-0.39, 0.29) is 23.9 Å². The maximum atomic E-state index is 12.2. The Kier molecular flexibility index (Phi) is 7.11. The van der Waals surface area contributed by atoms with Crippen LogP contribution in [0.25, 0.3) is 0 Å². The zero-order valence-corrected chi connectivity index (χ0v) is 15.4. The van der Waals surface area contributed by atoms with Gasteiger partial charge in [-0.15, -0.1) is 0 Å². The topological polar surface area (TPSA) is 76.7 Å². The number of rotatable bonds is 6. The summed E-state index contributed by atoms with van der Waals surface area (Å²) in [5, 5.41) is 6.24. The molecule has 2 rings (SSSR count). The van der Waals surface area contributed by atoms with Gasteiger partial charge in [-0.05, 0) is 56.4 Å². The van der Waals surface area contributed by atoms with Crippen molar-refractivity contribution in [1.82, 2.24) is 0 Å². The molecule has 7 heteroatoms. The predicted octanol–water partition coefficient (Wildman–Crippen LogP) is 3.85. The van der Waals surface area contributed by atoms with Crippen LogP contribution in [0.2, 0.25) is 0 Å². The predicted molar refractivity (Wildman–Crippen MR) is 105 cm³/mol. The van der Waals surface area contributed by atoms with Crippen molar-refractivity contribution >= 4 is 40.6 Å². The zero-order valence-electron chi connectivity index (χ0n) is 14.6. The largest absolute Gasteiger partial charge is 0.462 e. The lowest BCUT2D eigenvalue weighted by atomic mass is 10.1. The molecule has 0 spiro atoms. The maximum absolute atomic E-state index is 12.2. The van der Waals surface area contributed by atoms with Gasteiger partial charge in [0.1, 0.15) is 0 Å². The van der Waals surface area contributed by atoms with E-state index >= 15 is 0 Å². The molecule has 0 aromatic heterocycles. The molecule has 0 saturated carbocycles. The van der Waals surface area contributed by atoms with Gasteiger partial charge in [0, 0.05) is 5.69 Å². The number of hydrogen-bond acceptors (Lipinski definition) is 5. The first-order valence-corrected chi connectivity index (χ1v) is 8.57. The van der Waals surface area contributed by atoms with Crippen LogP contribution in [0.1, 0.15) is 34.6 Å². The number of esters is 2. The summed E-state index contributed by atoms with van der Waals surface area (Å²) in [7, 11) is 0. The molecule has 0 aliphatic rings. The summed E-state index contributed by atoms with van der Waals surface area (Å²) in [5.41, 5.74) is 1.74. The van der Waals surface area contributed by atoms with Crippen LogP contribution in [0.15, 0.2) is 48.5 Å². The van der Waals surface area contributed by atoms with Crippen LogP contribution in [-0.4, -0.2) is 30.3 Å². The molecule has 0 aliphatic carbocycles. The van der Waals surface area contributed by atoms with Crippen LogP contribution < -0.4 is 10.6 Å². The first-order chi connectivity index (χ1) is 12.5. The fourth-order valence-corrected chi connectivity index (χ4v) is 2.41. The summed E-state index contributed by atoms with van der Waals surface area (Å²) in [5.74, 6) is -0.985. The first-order valence-electron chi connectivity index (χ1n) is 8.16. The number of ether oxygens (including phenoxy) is 2. The van der Waals surface area contributed by atoms with Crippen LogP contribution >= 0.6 is 12.2 Å². The molecule has 0 atom stereocenters. The van der Waals surface area contributed by atoms with Gasteiger partial charge in [-0.3, -0.25) is 0 Å². The Morgan fingerprint density at radius 2 is 1.58 bits per heavy atom. The van der Waals surface area contributed by atoms with Crippen LogP contribution in [0.4, 0.5) is 11.4 Å². The summed E-state index contributed by atoms with van der Waals surface area (Å²) in [6.07, 6.45) is 0. The standard InChI is InChI=1S/C19H20N2O4S/c1-3-24-17(22)13-10-11-15(18(23)25-4-2)16(12-13)21-19(26)20-14-8-6-5-7-9-14/h5-12H,3-4H2,1-2H3,(H2,20,21,26). The number of para-hydroxylation sites is 1. The van der Waals surface area contributed by atoms with Crippen molar-refractivity contribution in [1.29, 1.82) is 0 Å². The van der Waals surface area contributed by atoms with Crippen LogP contribution in [0.5, 0.6) is 0 Å². The van der Waals surface area contributed by atoms with Gasteiger partial charge in [0.2, 0.25) is 0 Å². The summed E-state index contributed by atoms with van der Waals surface area (Å²) >= 11 is 5.30. The Bertz CT molecular complexity index is 793. The number of anilines is 2. The average molecular weight is 372 g/mol. The van der Waals surface area contributed by atoms with Crippen LogP contribution in [0, 0.1) is 0 Å². The number of benzene rings is 2. The van der Waals surface area contributed by atoms with Gasteiger partial charge in [-0.2, -0.15) is 0 Å². The van der Waals surface area contributed by atoms with E-state index in [2.05, 4.69) is 10.6 Å². The van der Waals surface area contributed by atoms with Crippen LogP contribution in [-0.2, 0) is 9.47 Å². The molecule has 0 aliphatic heterocycles. The smallest absolute Gasteiger partial charge is 0.340 e. The van der Waals surface area contributed by atoms with Crippen molar-refractivity contribution in [3.8, 4) is 0 Å².